The van der Waals surface area contributed by atoms with Crippen LogP contribution in [0.1, 0.15) is 30.5 Å². The van der Waals surface area contributed by atoms with E-state index < -0.39 is 0 Å². The van der Waals surface area contributed by atoms with Crippen LogP contribution < -0.4 is 0 Å². The van der Waals surface area contributed by atoms with Crippen molar-refractivity contribution in [3.8, 4) is 44.5 Å². The molecule has 9 aromatic carbocycles. The third kappa shape index (κ3) is 4.31. The molecule has 0 nitrogen and oxygen atoms in total. The summed E-state index contributed by atoms with van der Waals surface area (Å²) in [5.74, 6) is 0. The number of hydrogen-bond donors (Lipinski definition) is 0. The lowest BCUT2D eigenvalue weighted by Crippen LogP contribution is -2.14. The summed E-state index contributed by atoms with van der Waals surface area (Å²) in [5, 5.41) is 10.2. The van der Waals surface area contributed by atoms with Gasteiger partial charge in [0.15, 0.2) is 0 Å². The summed E-state index contributed by atoms with van der Waals surface area (Å²) in [6, 6.07) is 61.4. The standard InChI is InChI=1S/C50H36/c1-31-16-24-44-45(26-31)49(39-23-25-41-40-12-8-9-15-46(40)50(2,3)47(41)30-39)43-14-7-6-13-42(43)48(44)38-22-21-36-28-35(19-20-37(36)29-38)34-18-17-32-10-4-5-11-33(32)27-34/h4-30H,1-3H3. The van der Waals surface area contributed by atoms with Crippen LogP contribution in [-0.2, 0) is 5.41 Å². The quantitative estimate of drug-likeness (QED) is 0.169. The summed E-state index contributed by atoms with van der Waals surface area (Å²) < 4.78 is 0. The average molecular weight is 637 g/mol. The highest BCUT2D eigenvalue weighted by atomic mass is 14.4. The number of benzene rings is 9. The van der Waals surface area contributed by atoms with Crippen LogP contribution in [0.3, 0.4) is 0 Å². The summed E-state index contributed by atoms with van der Waals surface area (Å²) in [6.45, 7) is 6.95. The lowest BCUT2D eigenvalue weighted by molar-refractivity contribution is 0.660. The molecule has 0 atom stereocenters. The Balaban J connectivity index is 1.16. The molecule has 0 bridgehead atoms. The van der Waals surface area contributed by atoms with Crippen LogP contribution >= 0.6 is 0 Å². The highest BCUT2D eigenvalue weighted by molar-refractivity contribution is 6.22. The normalized spacial score (nSPS) is 13.3. The fraction of sp³-hybridized carbons (Fsp3) is 0.0800. The van der Waals surface area contributed by atoms with E-state index in [1.54, 1.807) is 0 Å². The molecule has 236 valence electrons. The fourth-order valence-corrected chi connectivity index (χ4v) is 8.72. The number of fused-ring (bicyclic) bond motifs is 7. The lowest BCUT2D eigenvalue weighted by atomic mass is 9.80. The molecule has 0 heterocycles. The van der Waals surface area contributed by atoms with Gasteiger partial charge in [0.25, 0.3) is 0 Å². The van der Waals surface area contributed by atoms with Crippen molar-refractivity contribution in [3.05, 3.63) is 180 Å². The van der Waals surface area contributed by atoms with Crippen LogP contribution in [0.2, 0.25) is 0 Å². The van der Waals surface area contributed by atoms with E-state index in [1.165, 1.54) is 104 Å². The molecule has 0 aromatic heterocycles. The molecule has 0 spiro atoms. The van der Waals surface area contributed by atoms with Gasteiger partial charge < -0.3 is 0 Å². The third-order valence-electron chi connectivity index (χ3n) is 11.3. The summed E-state index contributed by atoms with van der Waals surface area (Å²) >= 11 is 0. The Kier molecular flexibility index (Phi) is 6.24. The van der Waals surface area contributed by atoms with E-state index in [0.717, 1.165) is 0 Å². The first kappa shape index (κ1) is 29.0. The van der Waals surface area contributed by atoms with Crippen LogP contribution in [-0.4, -0.2) is 0 Å². The molecule has 10 rings (SSSR count). The van der Waals surface area contributed by atoms with Gasteiger partial charge in [0.1, 0.15) is 0 Å². The molecule has 0 fully saturated rings. The van der Waals surface area contributed by atoms with Crippen molar-refractivity contribution in [2.24, 2.45) is 0 Å². The number of hydrogen-bond acceptors (Lipinski definition) is 0. The SMILES string of the molecule is Cc1ccc2c(-c3ccc4cc(-c5ccc6ccccc6c5)ccc4c3)c3ccccc3c(-c3ccc4c(c3)C(C)(C)c3ccccc3-4)c2c1. The molecule has 0 amide bonds. The molecule has 0 radical (unpaired) electrons. The second-order valence-corrected chi connectivity index (χ2v) is 14.6. The van der Waals surface area contributed by atoms with E-state index >= 15 is 0 Å². The predicted octanol–water partition coefficient (Wildman–Crippen LogP) is 13.9. The molecule has 1 aliphatic rings. The van der Waals surface area contributed by atoms with Gasteiger partial charge in [0, 0.05) is 5.41 Å². The van der Waals surface area contributed by atoms with Crippen molar-refractivity contribution in [2.45, 2.75) is 26.2 Å². The lowest BCUT2D eigenvalue weighted by Gasteiger charge is -2.23. The van der Waals surface area contributed by atoms with Crippen LogP contribution in [0.4, 0.5) is 0 Å². The van der Waals surface area contributed by atoms with Gasteiger partial charge in [-0.3, -0.25) is 0 Å². The minimum absolute atomic E-state index is 0.0529. The zero-order chi connectivity index (χ0) is 33.6. The third-order valence-corrected chi connectivity index (χ3v) is 11.3. The molecule has 0 saturated carbocycles. The zero-order valence-corrected chi connectivity index (χ0v) is 28.6. The Morgan fingerprint density at radius 1 is 0.340 bits per heavy atom. The van der Waals surface area contributed by atoms with Gasteiger partial charge in [-0.2, -0.15) is 0 Å². The van der Waals surface area contributed by atoms with Crippen LogP contribution in [0.5, 0.6) is 0 Å². The molecule has 0 heteroatoms. The van der Waals surface area contributed by atoms with Crippen molar-refractivity contribution in [3.63, 3.8) is 0 Å². The van der Waals surface area contributed by atoms with Gasteiger partial charge in [-0.05, 0) is 130 Å². The van der Waals surface area contributed by atoms with Crippen molar-refractivity contribution < 1.29 is 0 Å². The minimum Gasteiger partial charge on any atom is -0.0619 e. The van der Waals surface area contributed by atoms with E-state index in [1.807, 2.05) is 0 Å². The summed E-state index contributed by atoms with van der Waals surface area (Å²) in [4.78, 5) is 0. The first-order valence-electron chi connectivity index (χ1n) is 17.7. The second-order valence-electron chi connectivity index (χ2n) is 14.6. The van der Waals surface area contributed by atoms with Crippen molar-refractivity contribution in [1.82, 2.24) is 0 Å². The number of rotatable bonds is 3. The maximum atomic E-state index is 2.47. The second kappa shape index (κ2) is 10.8. The van der Waals surface area contributed by atoms with Crippen molar-refractivity contribution in [1.29, 1.82) is 0 Å². The van der Waals surface area contributed by atoms with E-state index in [2.05, 4.69) is 185 Å². The molecular formula is C50H36. The molecule has 0 saturated heterocycles. The van der Waals surface area contributed by atoms with Gasteiger partial charge in [0.05, 0.1) is 0 Å². The monoisotopic (exact) mass is 636 g/mol. The Morgan fingerprint density at radius 2 is 0.840 bits per heavy atom. The first-order valence-corrected chi connectivity index (χ1v) is 17.7. The van der Waals surface area contributed by atoms with Crippen LogP contribution in [0.15, 0.2) is 164 Å². The van der Waals surface area contributed by atoms with E-state index in [-0.39, 0.29) is 5.41 Å². The van der Waals surface area contributed by atoms with Crippen molar-refractivity contribution >= 4 is 43.1 Å². The zero-order valence-electron chi connectivity index (χ0n) is 28.6. The Labute approximate surface area is 293 Å². The highest BCUT2D eigenvalue weighted by Gasteiger charge is 2.35. The Bertz CT molecular complexity index is 2850. The van der Waals surface area contributed by atoms with Crippen molar-refractivity contribution in [2.75, 3.05) is 0 Å². The topological polar surface area (TPSA) is 0 Å². The largest absolute Gasteiger partial charge is 0.0619 e. The number of aryl methyl sites for hydroxylation is 1. The van der Waals surface area contributed by atoms with Crippen LogP contribution in [0.25, 0.3) is 87.6 Å². The van der Waals surface area contributed by atoms with Crippen LogP contribution in [0, 0.1) is 6.92 Å². The summed E-state index contributed by atoms with van der Waals surface area (Å²) in [7, 11) is 0. The highest BCUT2D eigenvalue weighted by Crippen LogP contribution is 2.51. The molecule has 0 aliphatic heterocycles. The van der Waals surface area contributed by atoms with E-state index in [4.69, 9.17) is 0 Å². The molecule has 0 unspecified atom stereocenters. The van der Waals surface area contributed by atoms with E-state index in [9.17, 15) is 0 Å². The summed E-state index contributed by atoms with van der Waals surface area (Å²) in [6.07, 6.45) is 0. The Hall–Kier alpha value is -5.98. The van der Waals surface area contributed by atoms with Gasteiger partial charge >= 0.3 is 0 Å². The van der Waals surface area contributed by atoms with E-state index in [0.29, 0.717) is 0 Å². The fourth-order valence-electron chi connectivity index (χ4n) is 8.72. The van der Waals surface area contributed by atoms with Gasteiger partial charge in [-0.1, -0.05) is 159 Å². The maximum Gasteiger partial charge on any atom is 0.0159 e. The molecule has 50 heavy (non-hydrogen) atoms. The van der Waals surface area contributed by atoms with Gasteiger partial charge in [-0.25, -0.2) is 0 Å². The van der Waals surface area contributed by atoms with Gasteiger partial charge in [0.2, 0.25) is 0 Å². The summed E-state index contributed by atoms with van der Waals surface area (Å²) in [5.41, 5.74) is 14.4. The molecule has 9 aromatic rings. The average Bonchev–Trinajstić information content (AvgIpc) is 3.38. The van der Waals surface area contributed by atoms with Gasteiger partial charge in [-0.15, -0.1) is 0 Å². The minimum atomic E-state index is -0.0529. The first-order chi connectivity index (χ1) is 24.4. The Morgan fingerprint density at radius 3 is 1.60 bits per heavy atom. The molecule has 0 N–H and O–H groups in total. The molecule has 1 aliphatic carbocycles. The molecular weight excluding hydrogens is 601 g/mol. The maximum absolute atomic E-state index is 2.47. The predicted molar refractivity (Wildman–Crippen MR) is 215 cm³/mol. The smallest absolute Gasteiger partial charge is 0.0159 e.